The van der Waals surface area contributed by atoms with E-state index in [4.69, 9.17) is 0 Å². The van der Waals surface area contributed by atoms with Crippen molar-refractivity contribution in [2.24, 2.45) is 0 Å². The molecule has 0 aliphatic heterocycles. The van der Waals surface area contributed by atoms with Crippen LogP contribution in [0.4, 0.5) is 5.69 Å². The van der Waals surface area contributed by atoms with E-state index in [9.17, 15) is 18.0 Å². The third kappa shape index (κ3) is 6.95. The highest BCUT2D eigenvalue weighted by molar-refractivity contribution is 9.10. The Morgan fingerprint density at radius 1 is 0.944 bits per heavy atom. The van der Waals surface area contributed by atoms with E-state index in [1.807, 2.05) is 37.3 Å². The molecule has 0 spiro atoms. The van der Waals surface area contributed by atoms with Crippen LogP contribution in [-0.2, 0) is 26.0 Å². The number of anilines is 1. The van der Waals surface area contributed by atoms with Gasteiger partial charge in [0.1, 0.15) is 12.6 Å². The van der Waals surface area contributed by atoms with Crippen LogP contribution in [-0.4, -0.2) is 50.8 Å². The number of amides is 2. The maximum absolute atomic E-state index is 13.7. The number of nitrogens with zero attached hydrogens (tertiary/aromatic N) is 2. The van der Waals surface area contributed by atoms with Crippen molar-refractivity contribution in [3.8, 4) is 0 Å². The molecule has 0 aliphatic rings. The van der Waals surface area contributed by atoms with Gasteiger partial charge in [-0.25, -0.2) is 8.42 Å². The average molecular weight is 573 g/mol. The van der Waals surface area contributed by atoms with Crippen molar-refractivity contribution >= 4 is 43.5 Å². The second kappa shape index (κ2) is 12.7. The SMILES string of the molecule is CCNC(=O)[C@@H](C)N(CCc1ccccc1)C(=O)CN(c1cccc(Br)c1)S(=O)(=O)c1ccccc1. The summed E-state index contributed by atoms with van der Waals surface area (Å²) in [6, 6.07) is 23.6. The molecule has 36 heavy (non-hydrogen) atoms. The van der Waals surface area contributed by atoms with Gasteiger partial charge in [-0.3, -0.25) is 13.9 Å². The van der Waals surface area contributed by atoms with E-state index < -0.39 is 28.5 Å². The van der Waals surface area contributed by atoms with Gasteiger partial charge in [0.05, 0.1) is 10.6 Å². The van der Waals surface area contributed by atoms with E-state index in [1.54, 1.807) is 49.4 Å². The van der Waals surface area contributed by atoms with Crippen LogP contribution in [0.3, 0.4) is 0 Å². The molecule has 7 nitrogen and oxygen atoms in total. The molecular weight excluding hydrogens is 542 g/mol. The zero-order valence-corrected chi connectivity index (χ0v) is 22.7. The van der Waals surface area contributed by atoms with Crippen molar-refractivity contribution < 1.29 is 18.0 Å². The van der Waals surface area contributed by atoms with Crippen molar-refractivity contribution in [3.63, 3.8) is 0 Å². The maximum atomic E-state index is 13.7. The van der Waals surface area contributed by atoms with Gasteiger partial charge in [-0.05, 0) is 56.2 Å². The first-order valence-corrected chi connectivity index (χ1v) is 13.9. The Hall–Kier alpha value is -3.17. The van der Waals surface area contributed by atoms with Crippen molar-refractivity contribution in [1.82, 2.24) is 10.2 Å². The number of rotatable bonds is 11. The molecule has 0 heterocycles. The van der Waals surface area contributed by atoms with Crippen LogP contribution in [0.2, 0.25) is 0 Å². The minimum atomic E-state index is -4.06. The third-order valence-electron chi connectivity index (χ3n) is 5.71. The van der Waals surface area contributed by atoms with Gasteiger partial charge in [0.25, 0.3) is 10.0 Å². The van der Waals surface area contributed by atoms with Gasteiger partial charge in [0.2, 0.25) is 11.8 Å². The molecule has 2 amide bonds. The number of benzene rings is 3. The summed E-state index contributed by atoms with van der Waals surface area (Å²) in [5, 5.41) is 2.76. The number of carbonyl (C=O) groups is 2. The molecule has 1 atom stereocenters. The van der Waals surface area contributed by atoms with Crippen LogP contribution in [0.15, 0.2) is 94.3 Å². The van der Waals surface area contributed by atoms with Crippen LogP contribution in [0.5, 0.6) is 0 Å². The van der Waals surface area contributed by atoms with Crippen molar-refractivity contribution in [2.75, 3.05) is 23.9 Å². The summed E-state index contributed by atoms with van der Waals surface area (Å²) >= 11 is 3.39. The number of hydrogen-bond acceptors (Lipinski definition) is 4. The molecule has 0 bridgehead atoms. The number of hydrogen-bond donors (Lipinski definition) is 1. The molecular formula is C27H30BrN3O4S. The van der Waals surface area contributed by atoms with Crippen LogP contribution >= 0.6 is 15.9 Å². The van der Waals surface area contributed by atoms with Gasteiger partial charge in [-0.1, -0.05) is 70.5 Å². The molecule has 3 aromatic carbocycles. The first-order chi connectivity index (χ1) is 17.2. The lowest BCUT2D eigenvalue weighted by Crippen LogP contribution is -2.52. The molecule has 0 saturated carbocycles. The summed E-state index contributed by atoms with van der Waals surface area (Å²) < 4.78 is 29.1. The fourth-order valence-electron chi connectivity index (χ4n) is 3.77. The summed E-state index contributed by atoms with van der Waals surface area (Å²) in [5.41, 5.74) is 1.36. The van der Waals surface area contributed by atoms with Crippen molar-refractivity contribution in [3.05, 3.63) is 95.0 Å². The Labute approximate surface area is 221 Å². The fraction of sp³-hybridized carbons (Fsp3) is 0.259. The summed E-state index contributed by atoms with van der Waals surface area (Å²) in [6.07, 6.45) is 0.526. The van der Waals surface area contributed by atoms with Gasteiger partial charge >= 0.3 is 0 Å². The summed E-state index contributed by atoms with van der Waals surface area (Å²) in [5.74, 6) is -0.761. The highest BCUT2D eigenvalue weighted by Crippen LogP contribution is 2.26. The number of nitrogens with one attached hydrogen (secondary N) is 1. The minimum Gasteiger partial charge on any atom is -0.355 e. The molecule has 3 aromatic rings. The predicted molar refractivity (Wildman–Crippen MR) is 145 cm³/mol. The van der Waals surface area contributed by atoms with Gasteiger partial charge in [-0.15, -0.1) is 0 Å². The van der Waals surface area contributed by atoms with Gasteiger partial charge in [-0.2, -0.15) is 0 Å². The summed E-state index contributed by atoms with van der Waals surface area (Å²) in [4.78, 5) is 27.9. The smallest absolute Gasteiger partial charge is 0.264 e. The van der Waals surface area contributed by atoms with E-state index in [2.05, 4.69) is 21.2 Å². The molecule has 3 rings (SSSR count). The van der Waals surface area contributed by atoms with E-state index >= 15 is 0 Å². The molecule has 0 unspecified atom stereocenters. The molecule has 0 fully saturated rings. The monoisotopic (exact) mass is 571 g/mol. The Balaban J connectivity index is 1.96. The Morgan fingerprint density at radius 3 is 2.19 bits per heavy atom. The highest BCUT2D eigenvalue weighted by atomic mass is 79.9. The lowest BCUT2D eigenvalue weighted by Gasteiger charge is -2.32. The minimum absolute atomic E-state index is 0.0744. The zero-order chi connectivity index (χ0) is 26.1. The van der Waals surface area contributed by atoms with Crippen LogP contribution < -0.4 is 9.62 Å². The molecule has 190 valence electrons. The Morgan fingerprint density at radius 2 is 1.58 bits per heavy atom. The Kier molecular flexibility index (Phi) is 9.66. The first kappa shape index (κ1) is 27.4. The van der Waals surface area contributed by atoms with Gasteiger partial charge < -0.3 is 10.2 Å². The van der Waals surface area contributed by atoms with E-state index in [0.29, 0.717) is 23.1 Å². The zero-order valence-electron chi connectivity index (χ0n) is 20.3. The standard InChI is InChI=1S/C27H30BrN3O4S/c1-3-29-27(33)21(2)30(18-17-22-11-6-4-7-12-22)26(32)20-31(24-14-10-13-23(28)19-24)36(34,35)25-15-8-5-9-16-25/h4-16,19,21H,3,17-18,20H2,1-2H3,(H,29,33)/t21-/m1/s1. The quantitative estimate of drug-likeness (QED) is 0.373. The van der Waals surface area contributed by atoms with Crippen LogP contribution in [0, 0.1) is 0 Å². The van der Waals surface area contributed by atoms with Crippen LogP contribution in [0.25, 0.3) is 0 Å². The van der Waals surface area contributed by atoms with Gasteiger partial charge in [0.15, 0.2) is 0 Å². The van der Waals surface area contributed by atoms with E-state index in [0.717, 1.165) is 9.87 Å². The van der Waals surface area contributed by atoms with E-state index in [1.165, 1.54) is 17.0 Å². The normalized spacial score (nSPS) is 12.0. The lowest BCUT2D eigenvalue weighted by atomic mass is 10.1. The maximum Gasteiger partial charge on any atom is 0.264 e. The topological polar surface area (TPSA) is 86.8 Å². The van der Waals surface area contributed by atoms with Gasteiger partial charge in [0, 0.05) is 17.6 Å². The second-order valence-electron chi connectivity index (χ2n) is 8.20. The van der Waals surface area contributed by atoms with Crippen molar-refractivity contribution in [2.45, 2.75) is 31.2 Å². The largest absolute Gasteiger partial charge is 0.355 e. The predicted octanol–water partition coefficient (Wildman–Crippen LogP) is 4.24. The molecule has 1 N–H and O–H groups in total. The average Bonchev–Trinajstić information content (AvgIpc) is 2.88. The Bertz CT molecular complexity index is 1270. The number of likely N-dealkylation sites (N-methyl/N-ethyl adjacent to an activating group) is 1. The molecule has 0 saturated heterocycles. The van der Waals surface area contributed by atoms with Crippen LogP contribution in [0.1, 0.15) is 19.4 Å². The lowest BCUT2D eigenvalue weighted by molar-refractivity contribution is -0.138. The molecule has 0 aromatic heterocycles. The summed E-state index contributed by atoms with van der Waals surface area (Å²) in [6.45, 7) is 3.70. The summed E-state index contributed by atoms with van der Waals surface area (Å²) in [7, 11) is -4.06. The fourth-order valence-corrected chi connectivity index (χ4v) is 5.59. The second-order valence-corrected chi connectivity index (χ2v) is 11.0. The highest BCUT2D eigenvalue weighted by Gasteiger charge is 2.32. The molecule has 0 radical (unpaired) electrons. The van der Waals surface area contributed by atoms with E-state index in [-0.39, 0.29) is 17.3 Å². The third-order valence-corrected chi connectivity index (χ3v) is 7.99. The number of carbonyl (C=O) groups excluding carboxylic acids is 2. The first-order valence-electron chi connectivity index (χ1n) is 11.7. The molecule has 9 heteroatoms. The van der Waals surface area contributed by atoms with Crippen molar-refractivity contribution in [1.29, 1.82) is 0 Å². The number of halogens is 1. The molecule has 0 aliphatic carbocycles. The number of sulfonamides is 1.